The van der Waals surface area contributed by atoms with E-state index in [1.54, 1.807) is 0 Å². The molecule has 0 saturated carbocycles. The zero-order valence-corrected chi connectivity index (χ0v) is 23.0. The largest absolute Gasteiger partial charge is 0.497 e. The smallest absolute Gasteiger partial charge is 0.460 e. The molecule has 0 heterocycles. The van der Waals surface area contributed by atoms with Gasteiger partial charge in [0, 0.05) is 5.56 Å². The highest BCUT2D eigenvalue weighted by molar-refractivity contribution is 5.37. The van der Waals surface area contributed by atoms with E-state index in [9.17, 15) is 89.2 Å². The van der Waals surface area contributed by atoms with Crippen LogP contribution in [0.5, 0.6) is 11.5 Å². The maximum Gasteiger partial charge on any atom is 0.460 e. The Bertz CT molecular complexity index is 1310. The Morgan fingerprint density at radius 3 is 1.30 bits per heavy atom. The highest BCUT2D eigenvalue weighted by Crippen LogP contribution is 2.58. The Morgan fingerprint density at radius 1 is 0.553 bits per heavy atom. The van der Waals surface area contributed by atoms with Crippen molar-refractivity contribution in [1.82, 2.24) is 0 Å². The van der Waals surface area contributed by atoms with Crippen LogP contribution in [0.2, 0.25) is 0 Å². The number of rotatable bonds is 11. The predicted octanol–water partition coefficient (Wildman–Crippen LogP) is 8.78. The highest BCUT2D eigenvalue weighted by Gasteiger charge is 2.84. The van der Waals surface area contributed by atoms with Crippen molar-refractivity contribution in [1.29, 1.82) is 0 Å². The number of aliphatic hydroxyl groups excluding tert-OH is 2. The molecule has 0 saturated heterocycles. The molecule has 0 radical (unpaired) electrons. The summed E-state index contributed by atoms with van der Waals surface area (Å²) in [6, 6.07) is 6.88. The molecule has 2 atom stereocenters. The first-order chi connectivity index (χ1) is 20.9. The van der Waals surface area contributed by atoms with Gasteiger partial charge in [-0.15, -0.1) is 0 Å². The van der Waals surface area contributed by atoms with Crippen molar-refractivity contribution >= 4 is 0 Å². The maximum atomic E-state index is 13.7. The SMILES string of the molecule is CCOc1ccccc1C(O)C(F)(F)C(F)(F)C(F)(F)C(F)(F)F.COc1ccc(C(O)C(F)(F)C(F)(F)C(F)(F)C(F)(F)F)cc1. The quantitative estimate of drug-likeness (QED) is 0.228. The van der Waals surface area contributed by atoms with Crippen molar-refractivity contribution in [2.75, 3.05) is 13.7 Å². The average Bonchev–Trinajstić information content (AvgIpc) is 2.95. The summed E-state index contributed by atoms with van der Waals surface area (Å²) in [6.07, 6.45) is -21.1. The van der Waals surface area contributed by atoms with Crippen LogP contribution in [0.15, 0.2) is 48.5 Å². The fourth-order valence-electron chi connectivity index (χ4n) is 3.30. The molecule has 0 aromatic heterocycles. The van der Waals surface area contributed by atoms with Crippen molar-refractivity contribution in [3.8, 4) is 11.5 Å². The van der Waals surface area contributed by atoms with Crippen LogP contribution in [0.4, 0.5) is 79.0 Å². The minimum atomic E-state index is -7.06. The molecule has 47 heavy (non-hydrogen) atoms. The van der Waals surface area contributed by atoms with Crippen molar-refractivity contribution < 1.29 is 98.7 Å². The van der Waals surface area contributed by atoms with E-state index in [0.717, 1.165) is 31.4 Å². The number of halogens is 18. The van der Waals surface area contributed by atoms with Gasteiger partial charge in [0.05, 0.1) is 13.7 Å². The molecule has 0 aliphatic heterocycles. The van der Waals surface area contributed by atoms with E-state index in [1.807, 2.05) is 0 Å². The number of benzene rings is 2. The lowest BCUT2D eigenvalue weighted by Crippen LogP contribution is -2.62. The Kier molecular flexibility index (Phi) is 12.1. The van der Waals surface area contributed by atoms with Gasteiger partial charge in [-0.3, -0.25) is 0 Å². The minimum absolute atomic E-state index is 0.0525. The fourth-order valence-corrected chi connectivity index (χ4v) is 3.30. The van der Waals surface area contributed by atoms with E-state index in [0.29, 0.717) is 18.2 Å². The molecule has 0 spiro atoms. The molecule has 2 aromatic carbocycles. The average molecular weight is 726 g/mol. The molecule has 2 rings (SSSR count). The van der Waals surface area contributed by atoms with Gasteiger partial charge in [0.25, 0.3) is 0 Å². The summed E-state index contributed by atoms with van der Waals surface area (Å²) < 4.78 is 240. The molecule has 0 aliphatic carbocycles. The number of hydrogen-bond donors (Lipinski definition) is 2. The van der Waals surface area contributed by atoms with Gasteiger partial charge in [-0.05, 0) is 30.7 Å². The molecular weight excluding hydrogens is 706 g/mol. The van der Waals surface area contributed by atoms with Gasteiger partial charge in [0.2, 0.25) is 0 Å². The summed E-state index contributed by atoms with van der Waals surface area (Å²) in [5.74, 6) is -40.6. The zero-order valence-electron chi connectivity index (χ0n) is 23.0. The summed E-state index contributed by atoms with van der Waals surface area (Å²) in [5.41, 5.74) is -2.05. The first-order valence-electron chi connectivity index (χ1n) is 12.0. The second-order valence-electron chi connectivity index (χ2n) is 9.09. The Balaban J connectivity index is 0.000000470. The fraction of sp³-hybridized carbons (Fsp3) is 0.520. The van der Waals surface area contributed by atoms with Gasteiger partial charge in [0.1, 0.15) is 17.6 Å². The molecule has 0 amide bonds. The predicted molar refractivity (Wildman–Crippen MR) is 122 cm³/mol. The zero-order chi connectivity index (χ0) is 37.2. The third-order valence-electron chi connectivity index (χ3n) is 5.97. The lowest BCUT2D eigenvalue weighted by Gasteiger charge is -2.36. The monoisotopic (exact) mass is 726 g/mol. The summed E-state index contributed by atoms with van der Waals surface area (Å²) >= 11 is 0. The van der Waals surface area contributed by atoms with E-state index in [-0.39, 0.29) is 12.4 Å². The third kappa shape index (κ3) is 7.56. The van der Waals surface area contributed by atoms with Crippen LogP contribution < -0.4 is 9.47 Å². The Morgan fingerprint density at radius 2 is 0.936 bits per heavy atom. The number of para-hydroxylation sites is 1. The summed E-state index contributed by atoms with van der Waals surface area (Å²) in [7, 11) is 1.16. The molecule has 270 valence electrons. The number of alkyl halides is 18. The van der Waals surface area contributed by atoms with Crippen molar-refractivity contribution in [2.24, 2.45) is 0 Å². The molecule has 0 bridgehead atoms. The molecule has 2 N–H and O–H groups in total. The summed E-state index contributed by atoms with van der Waals surface area (Å²) in [5, 5.41) is 18.6. The first-order valence-corrected chi connectivity index (χ1v) is 12.0. The van der Waals surface area contributed by atoms with E-state index in [1.165, 1.54) is 13.0 Å². The summed E-state index contributed by atoms with van der Waals surface area (Å²) in [4.78, 5) is 0. The number of methoxy groups -OCH3 is 1. The Hall–Kier alpha value is -3.30. The van der Waals surface area contributed by atoms with Crippen LogP contribution in [-0.4, -0.2) is 71.8 Å². The molecular formula is C25H20F18O4. The first kappa shape index (κ1) is 41.7. The molecule has 2 aromatic rings. The standard InChI is InChI=1S/C13H11F9O2.C12H9F9O2/c1-2-24-8-6-4-3-5-7(8)9(23)10(14,15)11(16,17)12(18,19)13(20,21)22;1-23-7-4-2-6(3-5-7)8(22)9(13,14)10(15,16)11(17,18)12(19,20)21/h3-6,9,23H,2H2,1H3;2-5,8,22H,1H3. The number of hydrogen-bond acceptors (Lipinski definition) is 4. The number of ether oxygens (including phenoxy) is 2. The van der Waals surface area contributed by atoms with Gasteiger partial charge in [-0.1, -0.05) is 30.3 Å². The van der Waals surface area contributed by atoms with E-state index >= 15 is 0 Å². The van der Waals surface area contributed by atoms with E-state index in [4.69, 9.17) is 4.74 Å². The van der Waals surface area contributed by atoms with Crippen LogP contribution in [0.3, 0.4) is 0 Å². The number of aliphatic hydroxyl groups is 2. The van der Waals surface area contributed by atoms with E-state index in [2.05, 4.69) is 4.74 Å². The van der Waals surface area contributed by atoms with Crippen LogP contribution in [0, 0.1) is 0 Å². The van der Waals surface area contributed by atoms with Gasteiger partial charge < -0.3 is 19.7 Å². The van der Waals surface area contributed by atoms with Gasteiger partial charge in [-0.2, -0.15) is 79.0 Å². The van der Waals surface area contributed by atoms with Gasteiger partial charge in [-0.25, -0.2) is 0 Å². The van der Waals surface area contributed by atoms with Crippen molar-refractivity contribution in [3.63, 3.8) is 0 Å². The molecule has 0 aliphatic rings. The Labute approximate surface area is 251 Å². The van der Waals surface area contributed by atoms with Crippen LogP contribution >= 0.6 is 0 Å². The molecule has 0 fully saturated rings. The lowest BCUT2D eigenvalue weighted by atomic mass is 9.94. The third-order valence-corrected chi connectivity index (χ3v) is 5.97. The van der Waals surface area contributed by atoms with Crippen molar-refractivity contribution in [3.05, 3.63) is 59.7 Å². The van der Waals surface area contributed by atoms with Crippen LogP contribution in [-0.2, 0) is 0 Å². The maximum absolute atomic E-state index is 13.7. The van der Waals surface area contributed by atoms with E-state index < -0.39 is 77.0 Å². The highest BCUT2D eigenvalue weighted by atomic mass is 19.4. The second kappa shape index (κ2) is 13.7. The van der Waals surface area contributed by atoms with Crippen LogP contribution in [0.25, 0.3) is 0 Å². The topological polar surface area (TPSA) is 58.9 Å². The summed E-state index contributed by atoms with van der Waals surface area (Å²) in [6.45, 7) is 1.21. The lowest BCUT2D eigenvalue weighted by molar-refractivity contribution is -0.406. The second-order valence-corrected chi connectivity index (χ2v) is 9.09. The van der Waals surface area contributed by atoms with Gasteiger partial charge in [0.15, 0.2) is 6.10 Å². The van der Waals surface area contributed by atoms with Crippen LogP contribution in [0.1, 0.15) is 30.3 Å². The van der Waals surface area contributed by atoms with Gasteiger partial charge >= 0.3 is 47.9 Å². The minimum Gasteiger partial charge on any atom is -0.497 e. The molecule has 4 nitrogen and oxygen atoms in total. The van der Waals surface area contributed by atoms with Crippen molar-refractivity contribution in [2.45, 2.75) is 67.0 Å². The molecule has 22 heteroatoms. The normalized spacial score (nSPS) is 15.4. The molecule has 2 unspecified atom stereocenters.